The van der Waals surface area contributed by atoms with Gasteiger partial charge in [-0.1, -0.05) is 0 Å². The fourth-order valence-electron chi connectivity index (χ4n) is 0.945. The Bertz CT molecular complexity index is 155. The van der Waals surface area contributed by atoms with Crippen molar-refractivity contribution in [1.29, 1.82) is 0 Å². The van der Waals surface area contributed by atoms with Crippen LogP contribution in [0.2, 0.25) is 0 Å². The van der Waals surface area contributed by atoms with E-state index in [9.17, 15) is 4.79 Å². The Morgan fingerprint density at radius 2 is 2.58 bits per heavy atom. The van der Waals surface area contributed by atoms with Crippen LogP contribution in [0.3, 0.4) is 0 Å². The Hall–Kier alpha value is -0.650. The molecule has 1 fully saturated rings. The maximum Gasteiger partial charge on any atom is 0.336 e. The van der Waals surface area contributed by atoms with Crippen LogP contribution in [-0.4, -0.2) is 43.0 Å². The third kappa shape index (κ3) is 2.44. The van der Waals surface area contributed by atoms with Gasteiger partial charge in [-0.2, -0.15) is 0 Å². The van der Waals surface area contributed by atoms with Crippen molar-refractivity contribution in [1.82, 2.24) is 0 Å². The van der Waals surface area contributed by atoms with Crippen molar-refractivity contribution in [2.24, 2.45) is 5.73 Å². The number of aliphatic hydroxyl groups is 1. The number of hydrogen-bond donors (Lipinski definition) is 2. The first-order valence-corrected chi connectivity index (χ1v) is 3.90. The number of carbonyl (C=O) groups excluding carboxylic acids is 1. The summed E-state index contributed by atoms with van der Waals surface area (Å²) in [7, 11) is 0. The van der Waals surface area contributed by atoms with E-state index in [1.54, 1.807) is 0 Å². The van der Waals surface area contributed by atoms with Crippen molar-refractivity contribution in [3.05, 3.63) is 0 Å². The number of esters is 1. The molecule has 0 aromatic carbocycles. The molecule has 5 nitrogen and oxygen atoms in total. The number of ether oxygens (including phenoxy) is 2. The summed E-state index contributed by atoms with van der Waals surface area (Å²) in [6.07, 6.45) is -0.715. The summed E-state index contributed by atoms with van der Waals surface area (Å²) >= 11 is 0. The second-order valence-electron chi connectivity index (χ2n) is 2.67. The molecule has 1 aliphatic heterocycles. The van der Waals surface area contributed by atoms with Crippen molar-refractivity contribution in [2.75, 3.05) is 19.8 Å². The molecule has 1 heterocycles. The van der Waals surface area contributed by atoms with Crippen LogP contribution in [0.25, 0.3) is 0 Å². The zero-order valence-electron chi connectivity index (χ0n) is 6.73. The molecule has 70 valence electrons. The molecule has 0 saturated carbocycles. The molecule has 0 bridgehead atoms. The van der Waals surface area contributed by atoms with E-state index in [0.29, 0.717) is 19.6 Å². The van der Waals surface area contributed by atoms with E-state index in [0.717, 1.165) is 0 Å². The molecule has 12 heavy (non-hydrogen) atoms. The second kappa shape index (κ2) is 4.39. The van der Waals surface area contributed by atoms with E-state index >= 15 is 0 Å². The first-order valence-electron chi connectivity index (χ1n) is 3.90. The molecule has 0 radical (unpaired) electrons. The SMILES string of the molecule is NC[C@H](O)C(=O)OC1CCOC1. The molecular weight excluding hydrogens is 162 g/mol. The Labute approximate surface area is 70.4 Å². The third-order valence-electron chi connectivity index (χ3n) is 1.67. The highest BCUT2D eigenvalue weighted by molar-refractivity contribution is 5.74. The highest BCUT2D eigenvalue weighted by Crippen LogP contribution is 2.08. The monoisotopic (exact) mass is 175 g/mol. The fourth-order valence-corrected chi connectivity index (χ4v) is 0.945. The van der Waals surface area contributed by atoms with Crippen LogP contribution in [0, 0.1) is 0 Å². The molecule has 0 spiro atoms. The molecule has 5 heteroatoms. The lowest BCUT2D eigenvalue weighted by Crippen LogP contribution is -2.33. The minimum Gasteiger partial charge on any atom is -0.458 e. The minimum absolute atomic E-state index is 0.105. The molecule has 1 unspecified atom stereocenters. The van der Waals surface area contributed by atoms with Gasteiger partial charge in [0, 0.05) is 13.0 Å². The van der Waals surface area contributed by atoms with Gasteiger partial charge in [0.15, 0.2) is 6.10 Å². The number of carbonyl (C=O) groups is 1. The summed E-state index contributed by atoms with van der Waals surface area (Å²) in [5.41, 5.74) is 5.07. The van der Waals surface area contributed by atoms with Crippen LogP contribution >= 0.6 is 0 Å². The average molecular weight is 175 g/mol. The molecule has 0 aromatic rings. The first-order chi connectivity index (χ1) is 5.74. The maximum atomic E-state index is 10.9. The van der Waals surface area contributed by atoms with E-state index in [2.05, 4.69) is 0 Å². The summed E-state index contributed by atoms with van der Waals surface area (Å²) in [5, 5.41) is 8.95. The number of hydrogen-bond acceptors (Lipinski definition) is 5. The Kier molecular flexibility index (Phi) is 3.46. The summed E-state index contributed by atoms with van der Waals surface area (Å²) < 4.78 is 9.85. The topological polar surface area (TPSA) is 81.8 Å². The van der Waals surface area contributed by atoms with E-state index in [1.165, 1.54) is 0 Å². The molecule has 1 rings (SSSR count). The lowest BCUT2D eigenvalue weighted by molar-refractivity contribution is -0.158. The normalized spacial score (nSPS) is 25.3. The summed E-state index contributed by atoms with van der Waals surface area (Å²) in [6, 6.07) is 0. The summed E-state index contributed by atoms with van der Waals surface area (Å²) in [5.74, 6) is -0.659. The number of aliphatic hydroxyl groups excluding tert-OH is 1. The van der Waals surface area contributed by atoms with E-state index in [-0.39, 0.29) is 12.6 Å². The van der Waals surface area contributed by atoms with Gasteiger partial charge < -0.3 is 20.3 Å². The fraction of sp³-hybridized carbons (Fsp3) is 0.857. The lowest BCUT2D eigenvalue weighted by Gasteiger charge is -2.12. The van der Waals surface area contributed by atoms with Crippen LogP contribution in [0.4, 0.5) is 0 Å². The molecule has 2 atom stereocenters. The largest absolute Gasteiger partial charge is 0.458 e. The molecule has 0 aliphatic carbocycles. The number of nitrogens with two attached hydrogens (primary N) is 1. The quantitative estimate of drug-likeness (QED) is 0.518. The van der Waals surface area contributed by atoms with Gasteiger partial charge in [-0.05, 0) is 0 Å². The highest BCUT2D eigenvalue weighted by atomic mass is 16.6. The number of rotatable bonds is 3. The van der Waals surface area contributed by atoms with Crippen molar-refractivity contribution in [3.8, 4) is 0 Å². The minimum atomic E-state index is -1.20. The predicted octanol–water partition coefficient (Wildman–Crippen LogP) is -1.36. The summed E-state index contributed by atoms with van der Waals surface area (Å²) in [4.78, 5) is 10.9. The van der Waals surface area contributed by atoms with Gasteiger partial charge in [-0.15, -0.1) is 0 Å². The molecular formula is C7H13NO4. The zero-order chi connectivity index (χ0) is 8.97. The van der Waals surface area contributed by atoms with Gasteiger partial charge in [0.2, 0.25) is 0 Å². The van der Waals surface area contributed by atoms with Crippen molar-refractivity contribution in [3.63, 3.8) is 0 Å². The smallest absolute Gasteiger partial charge is 0.336 e. The van der Waals surface area contributed by atoms with Gasteiger partial charge in [0.25, 0.3) is 0 Å². The van der Waals surface area contributed by atoms with Gasteiger partial charge in [-0.3, -0.25) is 0 Å². The predicted molar refractivity (Wildman–Crippen MR) is 40.4 cm³/mol. The summed E-state index contributed by atoms with van der Waals surface area (Å²) in [6.45, 7) is 0.923. The van der Waals surface area contributed by atoms with Crippen molar-refractivity contribution < 1.29 is 19.4 Å². The van der Waals surface area contributed by atoms with Gasteiger partial charge in [-0.25, -0.2) is 4.79 Å². The Morgan fingerprint density at radius 1 is 1.83 bits per heavy atom. The maximum absolute atomic E-state index is 10.9. The molecule has 0 aromatic heterocycles. The zero-order valence-corrected chi connectivity index (χ0v) is 6.73. The first kappa shape index (κ1) is 9.44. The Morgan fingerprint density at radius 3 is 3.08 bits per heavy atom. The highest BCUT2D eigenvalue weighted by Gasteiger charge is 2.23. The molecule has 0 amide bonds. The molecule has 1 saturated heterocycles. The van der Waals surface area contributed by atoms with E-state index < -0.39 is 12.1 Å². The standard InChI is InChI=1S/C7H13NO4/c8-3-6(9)7(10)12-5-1-2-11-4-5/h5-6,9H,1-4,8H2/t5?,6-/m0/s1. The van der Waals surface area contributed by atoms with Gasteiger partial charge in [0.05, 0.1) is 13.2 Å². The Balaban J connectivity index is 2.25. The van der Waals surface area contributed by atoms with Crippen LogP contribution in [-0.2, 0) is 14.3 Å². The molecule has 1 aliphatic rings. The van der Waals surface area contributed by atoms with Gasteiger partial charge in [0.1, 0.15) is 6.10 Å². The average Bonchev–Trinajstić information content (AvgIpc) is 2.55. The molecule has 3 N–H and O–H groups in total. The van der Waals surface area contributed by atoms with Crippen LogP contribution in [0.1, 0.15) is 6.42 Å². The van der Waals surface area contributed by atoms with Gasteiger partial charge >= 0.3 is 5.97 Å². The third-order valence-corrected chi connectivity index (χ3v) is 1.67. The van der Waals surface area contributed by atoms with Crippen LogP contribution in [0.15, 0.2) is 0 Å². The van der Waals surface area contributed by atoms with E-state index in [1.807, 2.05) is 0 Å². The van der Waals surface area contributed by atoms with Crippen LogP contribution in [0.5, 0.6) is 0 Å². The van der Waals surface area contributed by atoms with Crippen molar-refractivity contribution >= 4 is 5.97 Å². The van der Waals surface area contributed by atoms with E-state index in [4.69, 9.17) is 20.3 Å². The van der Waals surface area contributed by atoms with Crippen molar-refractivity contribution in [2.45, 2.75) is 18.6 Å². The lowest BCUT2D eigenvalue weighted by atomic mass is 10.3. The van der Waals surface area contributed by atoms with Crippen LogP contribution < -0.4 is 5.73 Å². The second-order valence-corrected chi connectivity index (χ2v) is 2.67.